The molecule has 0 saturated carbocycles. The number of hydrogen-bond donors (Lipinski definition) is 1. The lowest BCUT2D eigenvalue weighted by molar-refractivity contribution is 0.0000402. The molecular weight excluding hydrogens is 388 g/mol. The van der Waals surface area contributed by atoms with Gasteiger partial charge in [0.1, 0.15) is 7.85 Å². The molecule has 0 radical (unpaired) electrons. The monoisotopic (exact) mass is 417 g/mol. The SMILES string of the molecule is B[C@@H](C)O[C@@H](CC)COP(=O)(NCc1ccccc1)O[C@@H]1CCSSC1. The Morgan fingerprint density at radius 3 is 2.73 bits per heavy atom. The van der Waals surface area contributed by atoms with E-state index in [4.69, 9.17) is 13.8 Å². The predicted octanol–water partition coefficient (Wildman–Crippen LogP) is 3.85. The minimum atomic E-state index is -3.42. The fourth-order valence-electron chi connectivity index (χ4n) is 2.44. The van der Waals surface area contributed by atoms with Crippen molar-refractivity contribution in [2.45, 2.75) is 51.4 Å². The van der Waals surface area contributed by atoms with E-state index in [9.17, 15) is 4.57 Å². The van der Waals surface area contributed by atoms with Crippen molar-refractivity contribution in [3.05, 3.63) is 35.9 Å². The van der Waals surface area contributed by atoms with Gasteiger partial charge in [0.2, 0.25) is 0 Å². The summed E-state index contributed by atoms with van der Waals surface area (Å²) in [6.07, 6.45) is 1.54. The standard InChI is InChI=1S/C17H29BNO4PS2/c1-3-16(22-14(2)18)12-21-24(20,23-17-9-10-25-26-13-17)19-11-15-7-5-4-6-8-15/h4-8,14,16-17H,3,9-13,18H2,1-2H3,(H,19,20)/t14-,16+,17-,24?/m1/s1. The zero-order valence-corrected chi connectivity index (χ0v) is 18.3. The maximum absolute atomic E-state index is 13.3. The zero-order chi connectivity index (χ0) is 18.8. The molecule has 1 heterocycles. The van der Waals surface area contributed by atoms with Gasteiger partial charge in [-0.25, -0.2) is 9.65 Å². The second-order valence-electron chi connectivity index (χ2n) is 6.45. The molecule has 9 heteroatoms. The smallest absolute Gasteiger partial charge is 0.382 e. The van der Waals surface area contributed by atoms with Crippen LogP contribution in [-0.4, -0.2) is 44.2 Å². The quantitative estimate of drug-likeness (QED) is 0.334. The van der Waals surface area contributed by atoms with Crippen LogP contribution in [0.1, 0.15) is 32.3 Å². The van der Waals surface area contributed by atoms with E-state index in [1.165, 1.54) is 0 Å². The van der Waals surface area contributed by atoms with Crippen molar-refractivity contribution in [3.63, 3.8) is 0 Å². The van der Waals surface area contributed by atoms with Crippen LogP contribution in [0.25, 0.3) is 0 Å². The Bertz CT molecular complexity index is 561. The van der Waals surface area contributed by atoms with E-state index in [1.54, 1.807) is 10.8 Å². The van der Waals surface area contributed by atoms with E-state index >= 15 is 0 Å². The highest BCUT2D eigenvalue weighted by Crippen LogP contribution is 2.48. The normalized spacial score (nSPS) is 22.5. The van der Waals surface area contributed by atoms with E-state index in [0.717, 1.165) is 29.9 Å². The molecule has 1 aliphatic rings. The van der Waals surface area contributed by atoms with Crippen molar-refractivity contribution < 1.29 is 18.3 Å². The van der Waals surface area contributed by atoms with Crippen molar-refractivity contribution in [2.75, 3.05) is 18.1 Å². The van der Waals surface area contributed by atoms with Crippen LogP contribution in [0.15, 0.2) is 30.3 Å². The molecule has 26 heavy (non-hydrogen) atoms. The van der Waals surface area contributed by atoms with Crippen LogP contribution in [-0.2, 0) is 24.9 Å². The maximum atomic E-state index is 13.3. The van der Waals surface area contributed by atoms with Gasteiger partial charge in [-0.2, -0.15) is 0 Å². The van der Waals surface area contributed by atoms with E-state index in [0.29, 0.717) is 6.54 Å². The molecule has 1 fully saturated rings. The van der Waals surface area contributed by atoms with Gasteiger partial charge < -0.3 is 4.74 Å². The van der Waals surface area contributed by atoms with E-state index in [1.807, 2.05) is 62.8 Å². The molecule has 0 amide bonds. The molecule has 4 atom stereocenters. The van der Waals surface area contributed by atoms with Gasteiger partial charge in [0, 0.05) is 24.1 Å². The first-order valence-corrected chi connectivity index (χ1v) is 13.2. The van der Waals surface area contributed by atoms with Gasteiger partial charge in [0.05, 0.1) is 18.8 Å². The molecule has 146 valence electrons. The molecule has 1 N–H and O–H groups in total. The lowest BCUT2D eigenvalue weighted by Gasteiger charge is -2.28. The summed E-state index contributed by atoms with van der Waals surface area (Å²) in [6, 6.07) is 9.96. The first kappa shape index (κ1) is 22.3. The average Bonchev–Trinajstić information content (AvgIpc) is 2.65. The van der Waals surface area contributed by atoms with Gasteiger partial charge in [-0.1, -0.05) is 58.8 Å². The summed E-state index contributed by atoms with van der Waals surface area (Å²) >= 11 is 0. The number of rotatable bonds is 11. The molecule has 1 unspecified atom stereocenters. The first-order chi connectivity index (χ1) is 12.5. The Kier molecular flexibility index (Phi) is 10.1. The summed E-state index contributed by atoms with van der Waals surface area (Å²) in [5, 5.41) is 3.03. The molecule has 2 rings (SSSR count). The fraction of sp³-hybridized carbons (Fsp3) is 0.647. The third kappa shape index (κ3) is 8.38. The van der Waals surface area contributed by atoms with Gasteiger partial charge >= 0.3 is 7.75 Å². The van der Waals surface area contributed by atoms with Crippen molar-refractivity contribution in [2.24, 2.45) is 0 Å². The fourth-order valence-corrected chi connectivity index (χ4v) is 6.43. The van der Waals surface area contributed by atoms with Gasteiger partial charge in [0.15, 0.2) is 0 Å². The van der Waals surface area contributed by atoms with Gasteiger partial charge in [-0.3, -0.25) is 9.05 Å². The van der Waals surface area contributed by atoms with Crippen LogP contribution in [0.3, 0.4) is 0 Å². The summed E-state index contributed by atoms with van der Waals surface area (Å²) in [5.74, 6) is 1.83. The molecular formula is C17H29BNO4PS2. The second kappa shape index (κ2) is 11.8. The Morgan fingerprint density at radius 1 is 1.35 bits per heavy atom. The number of nitrogens with one attached hydrogen (secondary N) is 1. The summed E-state index contributed by atoms with van der Waals surface area (Å²) < 4.78 is 30.9. The van der Waals surface area contributed by atoms with Crippen LogP contribution in [0, 0.1) is 0 Å². The Labute approximate surface area is 166 Å². The molecule has 1 aromatic carbocycles. The molecule has 0 spiro atoms. The van der Waals surface area contributed by atoms with Crippen molar-refractivity contribution >= 4 is 37.2 Å². The molecule has 1 aromatic rings. The van der Waals surface area contributed by atoms with Crippen LogP contribution in [0.2, 0.25) is 0 Å². The van der Waals surface area contributed by atoms with Crippen LogP contribution >= 0.6 is 29.3 Å². The van der Waals surface area contributed by atoms with Crippen molar-refractivity contribution in [3.8, 4) is 0 Å². The minimum absolute atomic E-state index is 0.0542. The number of benzene rings is 1. The Morgan fingerprint density at radius 2 is 2.12 bits per heavy atom. The predicted molar refractivity (Wildman–Crippen MR) is 114 cm³/mol. The maximum Gasteiger partial charge on any atom is 0.406 e. The summed E-state index contributed by atoms with van der Waals surface area (Å²) in [5.41, 5.74) is 1.04. The van der Waals surface area contributed by atoms with Crippen molar-refractivity contribution in [1.29, 1.82) is 0 Å². The topological polar surface area (TPSA) is 56.8 Å². The minimum Gasteiger partial charge on any atom is -0.382 e. The van der Waals surface area contributed by atoms with Gasteiger partial charge in [0.25, 0.3) is 0 Å². The molecule has 0 aromatic heterocycles. The van der Waals surface area contributed by atoms with Crippen LogP contribution in [0.4, 0.5) is 0 Å². The van der Waals surface area contributed by atoms with E-state index in [-0.39, 0.29) is 24.8 Å². The highest BCUT2D eigenvalue weighted by atomic mass is 33.1. The highest BCUT2D eigenvalue weighted by molar-refractivity contribution is 8.76. The third-order valence-corrected chi connectivity index (χ3v) is 7.91. The van der Waals surface area contributed by atoms with Gasteiger partial charge in [-0.15, -0.1) is 0 Å². The zero-order valence-electron chi connectivity index (χ0n) is 15.8. The van der Waals surface area contributed by atoms with E-state index in [2.05, 4.69) is 5.09 Å². The molecule has 0 bridgehead atoms. The lowest BCUT2D eigenvalue weighted by atomic mass is 10.0. The first-order valence-electron chi connectivity index (χ1n) is 9.12. The molecule has 1 saturated heterocycles. The van der Waals surface area contributed by atoms with E-state index < -0.39 is 7.75 Å². The summed E-state index contributed by atoms with van der Waals surface area (Å²) in [4.78, 5) is 0. The van der Waals surface area contributed by atoms with Crippen LogP contribution < -0.4 is 5.09 Å². The average molecular weight is 417 g/mol. The molecule has 0 aliphatic carbocycles. The highest BCUT2D eigenvalue weighted by Gasteiger charge is 2.31. The summed E-state index contributed by atoms with van der Waals surface area (Å²) in [7, 11) is 2.16. The number of ether oxygens (including phenoxy) is 1. The van der Waals surface area contributed by atoms with Gasteiger partial charge in [-0.05, 0) is 25.3 Å². The largest absolute Gasteiger partial charge is 0.406 e. The lowest BCUT2D eigenvalue weighted by Crippen LogP contribution is -2.28. The third-order valence-electron chi connectivity index (χ3n) is 3.82. The molecule has 1 aliphatic heterocycles. The Hall–Kier alpha value is 0.0549. The second-order valence-corrected chi connectivity index (χ2v) is 10.9. The molecule has 5 nitrogen and oxygen atoms in total. The number of hydrogen-bond acceptors (Lipinski definition) is 6. The summed E-state index contributed by atoms with van der Waals surface area (Å²) in [6.45, 7) is 4.72. The van der Waals surface area contributed by atoms with Crippen molar-refractivity contribution in [1.82, 2.24) is 5.09 Å². The Balaban J connectivity index is 1.97. The van der Waals surface area contributed by atoms with Crippen LogP contribution in [0.5, 0.6) is 0 Å².